The Hall–Kier alpha value is -3.13. The van der Waals surface area contributed by atoms with E-state index in [1.165, 1.54) is 0 Å². The molecule has 0 radical (unpaired) electrons. The lowest BCUT2D eigenvalue weighted by atomic mass is 10.1. The van der Waals surface area contributed by atoms with E-state index in [9.17, 15) is 9.59 Å². The van der Waals surface area contributed by atoms with Crippen molar-refractivity contribution < 1.29 is 19.0 Å². The Morgan fingerprint density at radius 2 is 2.07 bits per heavy atom. The van der Waals surface area contributed by atoms with Gasteiger partial charge in [0.25, 0.3) is 5.56 Å². The van der Waals surface area contributed by atoms with Crippen LogP contribution in [0.15, 0.2) is 23.0 Å². The molecule has 0 unspecified atom stereocenters. The topological polar surface area (TPSA) is 90.5 Å². The van der Waals surface area contributed by atoms with Crippen molar-refractivity contribution in [2.24, 2.45) is 0 Å². The largest absolute Gasteiger partial charge is 0.493 e. The third-order valence-corrected chi connectivity index (χ3v) is 5.45. The van der Waals surface area contributed by atoms with Crippen molar-refractivity contribution >= 4 is 39.7 Å². The molecule has 0 aliphatic carbocycles. The lowest BCUT2D eigenvalue weighted by molar-refractivity contribution is 0.0531. The number of methoxy groups -OCH3 is 1. The fourth-order valence-corrected chi connectivity index (χ4v) is 4.07. The number of esters is 1. The summed E-state index contributed by atoms with van der Waals surface area (Å²) in [5, 5.41) is 0.408. The van der Waals surface area contributed by atoms with Crippen LogP contribution < -0.4 is 15.0 Å². The minimum atomic E-state index is -0.443. The van der Waals surface area contributed by atoms with Gasteiger partial charge >= 0.3 is 5.97 Å². The maximum atomic E-state index is 12.6. The Balaban J connectivity index is 2.02. The van der Waals surface area contributed by atoms with Crippen LogP contribution in [0.4, 0.5) is 0 Å². The molecule has 1 N–H and O–H groups in total. The lowest BCUT2D eigenvalue weighted by Crippen LogP contribution is -2.10. The van der Waals surface area contributed by atoms with E-state index in [0.717, 1.165) is 16.9 Å². The molecule has 3 rings (SSSR count). The molecule has 0 bridgehead atoms. The zero-order chi connectivity index (χ0) is 21.8. The highest BCUT2D eigenvalue weighted by atomic mass is 32.1. The maximum Gasteiger partial charge on any atom is 0.348 e. The molecular weight excluding hydrogens is 404 g/mol. The highest BCUT2D eigenvalue weighted by Gasteiger charge is 2.20. The monoisotopic (exact) mass is 428 g/mol. The van der Waals surface area contributed by atoms with E-state index in [4.69, 9.17) is 14.2 Å². The highest BCUT2D eigenvalue weighted by Crippen LogP contribution is 2.33. The number of carbonyl (C=O) groups excluding carboxylic acids is 1. The third-order valence-electron chi connectivity index (χ3n) is 4.28. The van der Waals surface area contributed by atoms with E-state index < -0.39 is 5.97 Å². The van der Waals surface area contributed by atoms with Crippen molar-refractivity contribution in [3.8, 4) is 11.5 Å². The van der Waals surface area contributed by atoms with Crippen LogP contribution in [0.2, 0.25) is 0 Å². The summed E-state index contributed by atoms with van der Waals surface area (Å²) in [6.45, 7) is 7.61. The summed E-state index contributed by atoms with van der Waals surface area (Å²) < 4.78 is 16.4. The minimum absolute atomic E-state index is 0.0295. The fraction of sp³-hybridized carbons (Fsp3) is 0.318. The van der Waals surface area contributed by atoms with Crippen LogP contribution in [0, 0.1) is 6.92 Å². The molecule has 0 aliphatic rings. The first-order valence-corrected chi connectivity index (χ1v) is 10.4. The zero-order valence-electron chi connectivity index (χ0n) is 17.6. The average molecular weight is 429 g/mol. The number of H-pyrrole nitrogens is 1. The number of aromatic amines is 1. The van der Waals surface area contributed by atoms with Gasteiger partial charge in [0.2, 0.25) is 0 Å². The van der Waals surface area contributed by atoms with Gasteiger partial charge < -0.3 is 19.2 Å². The number of ether oxygens (including phenoxy) is 3. The average Bonchev–Trinajstić information content (AvgIpc) is 3.04. The number of hydrogen-bond donors (Lipinski definition) is 1. The standard InChI is InChI=1S/C22H24N2O5S/c1-6-28-22(26)19-13(4)17-20(25)23-16(24-21(17)30-19)11-10-14-8-7-9-15(27-5)18(14)29-12(2)3/h7-12H,6H2,1-5H3,(H,23,24,25)/b11-10+. The van der Waals surface area contributed by atoms with Gasteiger partial charge in [-0.2, -0.15) is 0 Å². The number of nitrogens with zero attached hydrogens (tertiary/aromatic N) is 1. The van der Waals surface area contributed by atoms with Gasteiger partial charge in [0, 0.05) is 5.56 Å². The summed E-state index contributed by atoms with van der Waals surface area (Å²) in [5.74, 6) is 1.17. The van der Waals surface area contributed by atoms with E-state index in [-0.39, 0.29) is 18.3 Å². The van der Waals surface area contributed by atoms with Crippen molar-refractivity contribution in [1.29, 1.82) is 0 Å². The Morgan fingerprint density at radius 3 is 2.73 bits per heavy atom. The van der Waals surface area contributed by atoms with Crippen molar-refractivity contribution in [3.63, 3.8) is 0 Å². The maximum absolute atomic E-state index is 12.6. The van der Waals surface area contributed by atoms with Gasteiger partial charge in [-0.25, -0.2) is 9.78 Å². The SMILES string of the molecule is CCOC(=O)c1sc2nc(/C=C/c3cccc(OC)c3OC(C)C)[nH]c(=O)c2c1C. The molecule has 1 aromatic carbocycles. The van der Waals surface area contributed by atoms with Crippen LogP contribution in [0.1, 0.15) is 47.4 Å². The van der Waals surface area contributed by atoms with E-state index >= 15 is 0 Å². The molecule has 0 saturated heterocycles. The van der Waals surface area contributed by atoms with Crippen LogP contribution in [0.25, 0.3) is 22.4 Å². The summed E-state index contributed by atoms with van der Waals surface area (Å²) in [7, 11) is 1.59. The summed E-state index contributed by atoms with van der Waals surface area (Å²) >= 11 is 1.16. The molecule has 0 aliphatic heterocycles. The number of hydrogen-bond acceptors (Lipinski definition) is 7. The quantitative estimate of drug-likeness (QED) is 0.560. The van der Waals surface area contributed by atoms with Crippen molar-refractivity contribution in [1.82, 2.24) is 9.97 Å². The predicted octanol–water partition coefficient (Wildman–Crippen LogP) is 4.44. The molecular formula is C22H24N2O5S. The van der Waals surface area contributed by atoms with Gasteiger partial charge in [-0.15, -0.1) is 11.3 Å². The molecule has 30 heavy (non-hydrogen) atoms. The Labute approximate surface area is 178 Å². The third kappa shape index (κ3) is 4.38. The molecule has 0 saturated carbocycles. The second-order valence-corrected chi connectivity index (χ2v) is 7.79. The first-order valence-electron chi connectivity index (χ1n) is 9.58. The normalized spacial score (nSPS) is 11.4. The van der Waals surface area contributed by atoms with Gasteiger partial charge in [-0.3, -0.25) is 4.79 Å². The molecule has 3 aromatic rings. The Morgan fingerprint density at radius 1 is 1.30 bits per heavy atom. The Bertz CT molecular complexity index is 1160. The number of aryl methyl sites for hydroxylation is 1. The fourth-order valence-electron chi connectivity index (χ4n) is 2.99. The van der Waals surface area contributed by atoms with Crippen LogP contribution in [0.3, 0.4) is 0 Å². The molecule has 7 nitrogen and oxygen atoms in total. The predicted molar refractivity (Wildman–Crippen MR) is 119 cm³/mol. The van der Waals surface area contributed by atoms with Gasteiger partial charge in [0.1, 0.15) is 15.5 Å². The molecule has 0 spiro atoms. The Kier molecular flexibility index (Phi) is 6.56. The number of carbonyl (C=O) groups is 1. The number of rotatable bonds is 7. The first-order chi connectivity index (χ1) is 14.3. The molecule has 0 amide bonds. The molecule has 2 heterocycles. The van der Waals surface area contributed by atoms with Crippen LogP contribution in [0.5, 0.6) is 11.5 Å². The zero-order valence-corrected chi connectivity index (χ0v) is 18.4. The summed E-state index contributed by atoms with van der Waals surface area (Å²) in [6, 6.07) is 5.58. The molecule has 0 atom stereocenters. The van der Waals surface area contributed by atoms with Gasteiger partial charge in [0.15, 0.2) is 11.5 Å². The highest BCUT2D eigenvalue weighted by molar-refractivity contribution is 7.20. The second-order valence-electron chi connectivity index (χ2n) is 6.79. The van der Waals surface area contributed by atoms with Crippen molar-refractivity contribution in [2.75, 3.05) is 13.7 Å². The lowest BCUT2D eigenvalue weighted by Gasteiger charge is -2.15. The van der Waals surface area contributed by atoms with Crippen molar-refractivity contribution in [3.05, 3.63) is 50.4 Å². The number of benzene rings is 1. The summed E-state index contributed by atoms with van der Waals surface area (Å²) in [4.78, 5) is 32.9. The number of thiophene rings is 1. The van der Waals surface area contributed by atoms with E-state index in [1.54, 1.807) is 33.1 Å². The smallest absolute Gasteiger partial charge is 0.348 e. The van der Waals surface area contributed by atoms with Crippen LogP contribution >= 0.6 is 11.3 Å². The molecule has 0 fully saturated rings. The number of para-hydroxylation sites is 1. The number of nitrogens with one attached hydrogen (secondary N) is 1. The van der Waals surface area contributed by atoms with Gasteiger partial charge in [0.05, 0.1) is 25.2 Å². The van der Waals surface area contributed by atoms with E-state index in [2.05, 4.69) is 9.97 Å². The first kappa shape index (κ1) is 21.6. The molecule has 2 aromatic heterocycles. The van der Waals surface area contributed by atoms with Gasteiger partial charge in [-0.1, -0.05) is 12.1 Å². The molecule has 158 valence electrons. The van der Waals surface area contributed by atoms with E-state index in [0.29, 0.717) is 38.0 Å². The van der Waals surface area contributed by atoms with Crippen molar-refractivity contribution in [2.45, 2.75) is 33.8 Å². The molecule has 8 heteroatoms. The van der Waals surface area contributed by atoms with Gasteiger partial charge in [-0.05, 0) is 51.5 Å². The van der Waals surface area contributed by atoms with Crippen LogP contribution in [-0.2, 0) is 4.74 Å². The minimum Gasteiger partial charge on any atom is -0.493 e. The summed E-state index contributed by atoms with van der Waals surface area (Å²) in [6.07, 6.45) is 3.47. The van der Waals surface area contributed by atoms with Crippen LogP contribution in [-0.4, -0.2) is 35.8 Å². The van der Waals surface area contributed by atoms with E-state index in [1.807, 2.05) is 32.0 Å². The second kappa shape index (κ2) is 9.13. The number of fused-ring (bicyclic) bond motifs is 1. The summed E-state index contributed by atoms with van der Waals surface area (Å²) in [5.41, 5.74) is 1.08. The number of aromatic nitrogens is 2.